The lowest BCUT2D eigenvalue weighted by atomic mass is 10.2. The minimum Gasteiger partial charge on any atom is -0.435 e. The number of aliphatic hydroxyl groups excluding tert-OH is 1. The Hall–Kier alpha value is -1.20. The van der Waals surface area contributed by atoms with Gasteiger partial charge in [-0.3, -0.25) is 0 Å². The van der Waals surface area contributed by atoms with Gasteiger partial charge in [-0.2, -0.15) is 8.78 Å². The van der Waals surface area contributed by atoms with Gasteiger partial charge in [-0.05, 0) is 24.1 Å². The first-order chi connectivity index (χ1) is 8.61. The van der Waals surface area contributed by atoms with E-state index < -0.39 is 6.61 Å². The van der Waals surface area contributed by atoms with Crippen LogP contribution in [0.25, 0.3) is 0 Å². The van der Waals surface area contributed by atoms with Crippen molar-refractivity contribution in [3.05, 3.63) is 29.8 Å². The Balaban J connectivity index is 2.30. The number of benzene rings is 1. The van der Waals surface area contributed by atoms with Crippen molar-refractivity contribution in [2.24, 2.45) is 0 Å². The molecule has 1 atom stereocenters. The Morgan fingerprint density at radius 2 is 1.94 bits per heavy atom. The molecular weight excluding hydrogens is 240 g/mol. The zero-order chi connectivity index (χ0) is 13.4. The number of hydrogen-bond donors (Lipinski definition) is 2. The van der Waals surface area contributed by atoms with Crippen LogP contribution in [-0.4, -0.2) is 24.4 Å². The van der Waals surface area contributed by atoms with Crippen LogP contribution in [0.4, 0.5) is 8.78 Å². The maximum atomic E-state index is 11.9. The molecule has 0 aliphatic rings. The molecule has 3 nitrogen and oxygen atoms in total. The number of nitrogens with one attached hydrogen (secondary N) is 1. The first-order valence-corrected chi connectivity index (χ1v) is 6.04. The quantitative estimate of drug-likeness (QED) is 0.754. The third-order valence-electron chi connectivity index (χ3n) is 2.48. The van der Waals surface area contributed by atoms with Crippen LogP contribution in [0, 0.1) is 0 Å². The molecule has 102 valence electrons. The monoisotopic (exact) mass is 259 g/mol. The average molecular weight is 259 g/mol. The lowest BCUT2D eigenvalue weighted by molar-refractivity contribution is -0.0498. The van der Waals surface area contributed by atoms with Gasteiger partial charge in [-0.15, -0.1) is 0 Å². The molecule has 1 rings (SSSR count). The minimum absolute atomic E-state index is 0.153. The molecule has 0 heterocycles. The molecule has 0 bridgehead atoms. The first-order valence-electron chi connectivity index (χ1n) is 6.04. The number of ether oxygens (including phenoxy) is 1. The number of hydrogen-bond acceptors (Lipinski definition) is 3. The van der Waals surface area contributed by atoms with Crippen LogP contribution in [0.15, 0.2) is 24.3 Å². The van der Waals surface area contributed by atoms with Gasteiger partial charge in [0.1, 0.15) is 5.75 Å². The van der Waals surface area contributed by atoms with Crippen molar-refractivity contribution in [1.82, 2.24) is 5.32 Å². The van der Waals surface area contributed by atoms with Crippen LogP contribution in [0.3, 0.4) is 0 Å². The lowest BCUT2D eigenvalue weighted by Gasteiger charge is -2.11. The van der Waals surface area contributed by atoms with Crippen molar-refractivity contribution in [1.29, 1.82) is 0 Å². The van der Waals surface area contributed by atoms with Gasteiger partial charge >= 0.3 is 6.61 Å². The maximum Gasteiger partial charge on any atom is 0.387 e. The smallest absolute Gasteiger partial charge is 0.387 e. The summed E-state index contributed by atoms with van der Waals surface area (Å²) in [7, 11) is 0. The average Bonchev–Trinajstić information content (AvgIpc) is 2.31. The highest BCUT2D eigenvalue weighted by atomic mass is 19.3. The van der Waals surface area contributed by atoms with Gasteiger partial charge in [0.25, 0.3) is 0 Å². The van der Waals surface area contributed by atoms with Gasteiger partial charge in [-0.1, -0.05) is 25.5 Å². The van der Waals surface area contributed by atoms with E-state index in [2.05, 4.69) is 10.1 Å². The molecular formula is C13H19F2NO2. The van der Waals surface area contributed by atoms with Crippen LogP contribution in [0.5, 0.6) is 5.75 Å². The second-order valence-corrected chi connectivity index (χ2v) is 4.10. The van der Waals surface area contributed by atoms with E-state index in [9.17, 15) is 13.9 Å². The van der Waals surface area contributed by atoms with Crippen molar-refractivity contribution in [2.45, 2.75) is 39.0 Å². The zero-order valence-corrected chi connectivity index (χ0v) is 10.4. The molecule has 0 radical (unpaired) electrons. The van der Waals surface area contributed by atoms with Gasteiger partial charge in [0.15, 0.2) is 0 Å². The third-order valence-corrected chi connectivity index (χ3v) is 2.48. The predicted molar refractivity (Wildman–Crippen MR) is 65.7 cm³/mol. The van der Waals surface area contributed by atoms with E-state index in [0.717, 1.165) is 18.4 Å². The summed E-state index contributed by atoms with van der Waals surface area (Å²) < 4.78 is 28.1. The van der Waals surface area contributed by atoms with Crippen LogP contribution in [0.2, 0.25) is 0 Å². The van der Waals surface area contributed by atoms with Crippen LogP contribution in [-0.2, 0) is 6.54 Å². The molecule has 0 saturated carbocycles. The summed E-state index contributed by atoms with van der Waals surface area (Å²) >= 11 is 0. The van der Waals surface area contributed by atoms with E-state index in [1.165, 1.54) is 12.1 Å². The highest BCUT2D eigenvalue weighted by molar-refractivity contribution is 5.27. The number of alkyl halides is 2. The SMILES string of the molecule is CCCC(O)CNCc1ccc(OC(F)F)cc1. The number of rotatable bonds is 8. The van der Waals surface area contributed by atoms with Crippen molar-refractivity contribution >= 4 is 0 Å². The minimum atomic E-state index is -2.79. The van der Waals surface area contributed by atoms with Gasteiger partial charge in [0.2, 0.25) is 0 Å². The maximum absolute atomic E-state index is 11.9. The summed E-state index contributed by atoms with van der Waals surface area (Å²) in [5.74, 6) is 0.153. The number of halogens is 2. The molecule has 0 saturated heterocycles. The zero-order valence-electron chi connectivity index (χ0n) is 10.4. The fourth-order valence-corrected chi connectivity index (χ4v) is 1.61. The normalized spacial score (nSPS) is 12.7. The van der Waals surface area contributed by atoms with E-state index in [1.807, 2.05) is 6.92 Å². The summed E-state index contributed by atoms with van der Waals surface area (Å²) in [5.41, 5.74) is 0.959. The van der Waals surface area contributed by atoms with E-state index in [0.29, 0.717) is 13.1 Å². The number of aliphatic hydroxyl groups is 1. The van der Waals surface area contributed by atoms with Gasteiger partial charge in [0.05, 0.1) is 6.10 Å². The van der Waals surface area contributed by atoms with Crippen molar-refractivity contribution < 1.29 is 18.6 Å². The molecule has 0 aliphatic heterocycles. The molecule has 0 spiro atoms. The van der Waals surface area contributed by atoms with Gasteiger partial charge in [0, 0.05) is 13.1 Å². The van der Waals surface area contributed by atoms with Crippen molar-refractivity contribution in [3.8, 4) is 5.75 Å². The molecule has 0 aromatic heterocycles. The molecule has 1 aromatic carbocycles. The van der Waals surface area contributed by atoms with Crippen LogP contribution in [0.1, 0.15) is 25.3 Å². The molecule has 0 fully saturated rings. The van der Waals surface area contributed by atoms with E-state index in [1.54, 1.807) is 12.1 Å². The van der Waals surface area contributed by atoms with E-state index in [-0.39, 0.29) is 11.9 Å². The second-order valence-electron chi connectivity index (χ2n) is 4.10. The summed E-state index contributed by atoms with van der Waals surface area (Å²) in [6, 6.07) is 6.45. The summed E-state index contributed by atoms with van der Waals surface area (Å²) in [4.78, 5) is 0. The van der Waals surface area contributed by atoms with Gasteiger partial charge < -0.3 is 15.2 Å². The predicted octanol–water partition coefficient (Wildman–Crippen LogP) is 2.54. The van der Waals surface area contributed by atoms with Crippen molar-refractivity contribution in [3.63, 3.8) is 0 Å². The molecule has 1 unspecified atom stereocenters. The Bertz CT molecular complexity index is 330. The van der Waals surface area contributed by atoms with Gasteiger partial charge in [-0.25, -0.2) is 0 Å². The Morgan fingerprint density at radius 1 is 1.28 bits per heavy atom. The molecule has 5 heteroatoms. The highest BCUT2D eigenvalue weighted by Gasteiger charge is 2.04. The third kappa shape index (κ3) is 5.93. The summed E-state index contributed by atoms with van der Waals surface area (Å²) in [5, 5.41) is 12.6. The molecule has 0 aliphatic carbocycles. The second kappa shape index (κ2) is 8.00. The molecule has 2 N–H and O–H groups in total. The first kappa shape index (κ1) is 14.9. The largest absolute Gasteiger partial charge is 0.435 e. The molecule has 0 amide bonds. The molecule has 18 heavy (non-hydrogen) atoms. The van der Waals surface area contributed by atoms with Crippen LogP contribution >= 0.6 is 0 Å². The summed E-state index contributed by atoms with van der Waals surface area (Å²) in [6.07, 6.45) is 1.38. The van der Waals surface area contributed by atoms with E-state index >= 15 is 0 Å². The molecule has 1 aromatic rings. The fraction of sp³-hybridized carbons (Fsp3) is 0.538. The Kier molecular flexibility index (Phi) is 6.60. The topological polar surface area (TPSA) is 41.5 Å². The van der Waals surface area contributed by atoms with E-state index in [4.69, 9.17) is 0 Å². The standard InChI is InChI=1S/C13H19F2NO2/c1-2-3-11(17)9-16-8-10-4-6-12(7-5-10)18-13(14)15/h4-7,11,13,16-17H,2-3,8-9H2,1H3. The lowest BCUT2D eigenvalue weighted by Crippen LogP contribution is -2.26. The Morgan fingerprint density at radius 3 is 2.50 bits per heavy atom. The van der Waals surface area contributed by atoms with Crippen molar-refractivity contribution in [2.75, 3.05) is 6.54 Å². The fourth-order valence-electron chi connectivity index (χ4n) is 1.61. The van der Waals surface area contributed by atoms with Crippen LogP contribution < -0.4 is 10.1 Å². The Labute approximate surface area is 106 Å². The highest BCUT2D eigenvalue weighted by Crippen LogP contribution is 2.14. The summed E-state index contributed by atoms with van der Waals surface area (Å²) in [6.45, 7) is 0.349.